The van der Waals surface area contributed by atoms with E-state index < -0.39 is 5.60 Å². The molecule has 4 heteroatoms. The molecule has 0 saturated heterocycles. The Balaban J connectivity index is 2.30. The predicted octanol–water partition coefficient (Wildman–Crippen LogP) is 3.00. The van der Waals surface area contributed by atoms with E-state index in [1.54, 1.807) is 11.8 Å². The van der Waals surface area contributed by atoms with Gasteiger partial charge in [-0.05, 0) is 38.5 Å². The second-order valence-electron chi connectivity index (χ2n) is 4.99. The van der Waals surface area contributed by atoms with Crippen LogP contribution in [-0.4, -0.2) is 22.4 Å². The van der Waals surface area contributed by atoms with Crippen molar-refractivity contribution in [2.24, 2.45) is 0 Å². The van der Waals surface area contributed by atoms with Crippen molar-refractivity contribution in [1.29, 1.82) is 0 Å². The maximum absolute atomic E-state index is 11.5. The van der Waals surface area contributed by atoms with Gasteiger partial charge in [-0.15, -0.1) is 11.8 Å². The molecule has 0 heterocycles. The molecule has 1 N–H and O–H groups in total. The van der Waals surface area contributed by atoms with Crippen molar-refractivity contribution < 1.29 is 14.6 Å². The van der Waals surface area contributed by atoms with Crippen LogP contribution in [0.1, 0.15) is 32.8 Å². The molecular formula is C14H20O3S. The smallest absolute Gasteiger partial charge is 0.307 e. The van der Waals surface area contributed by atoms with Gasteiger partial charge >= 0.3 is 5.97 Å². The summed E-state index contributed by atoms with van der Waals surface area (Å²) in [5, 5.41) is 8.92. The first kappa shape index (κ1) is 15.1. The number of ether oxygens (including phenoxy) is 1. The molecule has 0 spiro atoms. The quantitative estimate of drug-likeness (QED) is 0.658. The fourth-order valence-corrected chi connectivity index (χ4v) is 2.17. The van der Waals surface area contributed by atoms with Crippen molar-refractivity contribution >= 4 is 17.7 Å². The Labute approximate surface area is 113 Å². The first-order chi connectivity index (χ1) is 8.40. The van der Waals surface area contributed by atoms with Crippen molar-refractivity contribution in [3.8, 4) is 0 Å². The molecule has 1 aromatic carbocycles. The minimum absolute atomic E-state index is 0.0584. The highest BCUT2D eigenvalue weighted by molar-refractivity contribution is 7.99. The number of aliphatic hydroxyl groups is 1. The summed E-state index contributed by atoms with van der Waals surface area (Å²) >= 11 is 1.61. The topological polar surface area (TPSA) is 46.5 Å². The van der Waals surface area contributed by atoms with E-state index in [1.165, 1.54) is 0 Å². The standard InChI is InChI=1S/C14H20O3S/c1-14(2,3)17-13(16)8-9-18-12-6-4-11(10-15)5-7-12/h4-7,15H,8-10H2,1-3H3. The summed E-state index contributed by atoms with van der Waals surface area (Å²) in [6, 6.07) is 7.67. The van der Waals surface area contributed by atoms with Crippen molar-refractivity contribution in [1.82, 2.24) is 0 Å². The lowest BCUT2D eigenvalue weighted by molar-refractivity contribution is -0.154. The third kappa shape index (κ3) is 6.07. The number of esters is 1. The Hall–Kier alpha value is -1.00. The lowest BCUT2D eigenvalue weighted by Gasteiger charge is -2.19. The minimum atomic E-state index is -0.412. The zero-order valence-corrected chi connectivity index (χ0v) is 11.9. The first-order valence-electron chi connectivity index (χ1n) is 5.95. The van der Waals surface area contributed by atoms with Crippen molar-refractivity contribution in [2.45, 2.75) is 44.3 Å². The van der Waals surface area contributed by atoms with Gasteiger partial charge in [-0.1, -0.05) is 12.1 Å². The van der Waals surface area contributed by atoms with Gasteiger partial charge in [0.05, 0.1) is 13.0 Å². The molecule has 0 radical (unpaired) electrons. The Morgan fingerprint density at radius 1 is 1.28 bits per heavy atom. The van der Waals surface area contributed by atoms with Crippen LogP contribution in [-0.2, 0) is 16.1 Å². The second kappa shape index (κ2) is 6.81. The molecule has 0 aliphatic carbocycles. The van der Waals surface area contributed by atoms with Gasteiger partial charge in [0, 0.05) is 10.6 Å². The molecule has 0 unspecified atom stereocenters. The largest absolute Gasteiger partial charge is 0.460 e. The highest BCUT2D eigenvalue weighted by atomic mass is 32.2. The number of hydrogen-bond donors (Lipinski definition) is 1. The van der Waals surface area contributed by atoms with Crippen LogP contribution in [0.3, 0.4) is 0 Å². The number of carbonyl (C=O) groups excluding carboxylic acids is 1. The molecule has 1 rings (SSSR count). The van der Waals surface area contributed by atoms with E-state index in [0.29, 0.717) is 12.2 Å². The molecular weight excluding hydrogens is 248 g/mol. The molecule has 18 heavy (non-hydrogen) atoms. The van der Waals surface area contributed by atoms with Gasteiger partial charge in [0.2, 0.25) is 0 Å². The van der Waals surface area contributed by atoms with Crippen LogP contribution in [0, 0.1) is 0 Å². The van der Waals surface area contributed by atoms with Gasteiger partial charge in [0.25, 0.3) is 0 Å². The average Bonchev–Trinajstić information content (AvgIpc) is 2.27. The summed E-state index contributed by atoms with van der Waals surface area (Å²) in [5.41, 5.74) is 0.483. The predicted molar refractivity (Wildman–Crippen MR) is 73.6 cm³/mol. The number of hydrogen-bond acceptors (Lipinski definition) is 4. The maximum atomic E-state index is 11.5. The number of rotatable bonds is 5. The summed E-state index contributed by atoms with van der Waals surface area (Å²) in [5.74, 6) is 0.537. The van der Waals surface area contributed by atoms with Crippen LogP contribution in [0.25, 0.3) is 0 Å². The van der Waals surface area contributed by atoms with Crippen molar-refractivity contribution in [3.05, 3.63) is 29.8 Å². The molecule has 3 nitrogen and oxygen atoms in total. The molecule has 0 aromatic heterocycles. The first-order valence-corrected chi connectivity index (χ1v) is 6.94. The van der Waals surface area contributed by atoms with Crippen LogP contribution in [0.5, 0.6) is 0 Å². The Morgan fingerprint density at radius 3 is 2.39 bits per heavy atom. The fraction of sp³-hybridized carbons (Fsp3) is 0.500. The highest BCUT2D eigenvalue weighted by Crippen LogP contribution is 2.20. The third-order valence-corrected chi connectivity index (χ3v) is 3.11. The van der Waals surface area contributed by atoms with E-state index in [1.807, 2.05) is 45.0 Å². The normalized spacial score (nSPS) is 11.3. The van der Waals surface area contributed by atoms with Crippen molar-refractivity contribution in [3.63, 3.8) is 0 Å². The van der Waals surface area contributed by atoms with Crippen molar-refractivity contribution in [2.75, 3.05) is 5.75 Å². The Kier molecular flexibility index (Phi) is 5.69. The van der Waals surface area contributed by atoms with E-state index in [4.69, 9.17) is 9.84 Å². The van der Waals surface area contributed by atoms with E-state index in [-0.39, 0.29) is 12.6 Å². The van der Waals surface area contributed by atoms with E-state index in [2.05, 4.69) is 0 Å². The summed E-state index contributed by atoms with van der Waals surface area (Å²) in [6.07, 6.45) is 0.406. The number of carbonyl (C=O) groups is 1. The molecule has 0 fully saturated rings. The van der Waals surface area contributed by atoms with Gasteiger partial charge < -0.3 is 9.84 Å². The molecule has 0 aliphatic heterocycles. The average molecular weight is 268 g/mol. The van der Waals surface area contributed by atoms with Crippen LogP contribution >= 0.6 is 11.8 Å². The van der Waals surface area contributed by atoms with E-state index in [0.717, 1.165) is 10.5 Å². The molecule has 0 aliphatic rings. The SMILES string of the molecule is CC(C)(C)OC(=O)CCSc1ccc(CO)cc1. The zero-order chi connectivity index (χ0) is 13.6. The third-order valence-electron chi connectivity index (χ3n) is 2.10. The lowest BCUT2D eigenvalue weighted by Crippen LogP contribution is -2.23. The molecule has 0 atom stereocenters. The summed E-state index contributed by atoms with van der Waals surface area (Å²) in [4.78, 5) is 12.6. The molecule has 0 bridgehead atoms. The van der Waals surface area contributed by atoms with Gasteiger partial charge in [-0.3, -0.25) is 4.79 Å². The van der Waals surface area contributed by atoms with E-state index in [9.17, 15) is 4.79 Å². The monoisotopic (exact) mass is 268 g/mol. The Bertz CT molecular complexity index is 379. The zero-order valence-electron chi connectivity index (χ0n) is 11.1. The van der Waals surface area contributed by atoms with Gasteiger partial charge in [0.15, 0.2) is 0 Å². The molecule has 100 valence electrons. The van der Waals surface area contributed by atoms with Crippen LogP contribution in [0.4, 0.5) is 0 Å². The van der Waals surface area contributed by atoms with Gasteiger partial charge in [-0.25, -0.2) is 0 Å². The summed E-state index contributed by atoms with van der Waals surface area (Å²) < 4.78 is 5.23. The Morgan fingerprint density at radius 2 is 1.89 bits per heavy atom. The number of thioether (sulfide) groups is 1. The minimum Gasteiger partial charge on any atom is -0.460 e. The second-order valence-corrected chi connectivity index (χ2v) is 6.16. The molecule has 1 aromatic rings. The van der Waals surface area contributed by atoms with E-state index >= 15 is 0 Å². The number of benzene rings is 1. The van der Waals surface area contributed by atoms with Crippen LogP contribution in [0.15, 0.2) is 29.2 Å². The van der Waals surface area contributed by atoms with Crippen LogP contribution in [0.2, 0.25) is 0 Å². The van der Waals surface area contributed by atoms with Crippen LogP contribution < -0.4 is 0 Å². The molecule has 0 saturated carbocycles. The maximum Gasteiger partial charge on any atom is 0.307 e. The van der Waals surface area contributed by atoms with Gasteiger partial charge in [0.1, 0.15) is 5.60 Å². The fourth-order valence-electron chi connectivity index (χ4n) is 1.34. The summed E-state index contributed by atoms with van der Waals surface area (Å²) in [6.45, 7) is 5.66. The lowest BCUT2D eigenvalue weighted by atomic mass is 10.2. The highest BCUT2D eigenvalue weighted by Gasteiger charge is 2.15. The molecule has 0 amide bonds. The number of aliphatic hydroxyl groups excluding tert-OH is 1. The summed E-state index contributed by atoms with van der Waals surface area (Å²) in [7, 11) is 0. The van der Waals surface area contributed by atoms with Gasteiger partial charge in [-0.2, -0.15) is 0 Å².